The number of anilines is 3. The van der Waals surface area contributed by atoms with Gasteiger partial charge < -0.3 is 15.4 Å². The molecular weight excluding hydrogens is 370 g/mol. The quantitative estimate of drug-likeness (QED) is 0.554. The average Bonchev–Trinajstić information content (AvgIpc) is 2.73. The minimum Gasteiger partial charge on any atom is -0.449 e. The van der Waals surface area contributed by atoms with Gasteiger partial charge in [-0.05, 0) is 37.6 Å². The third-order valence-electron chi connectivity index (χ3n) is 4.66. The van der Waals surface area contributed by atoms with Gasteiger partial charge >= 0.3 is 5.97 Å². The molecule has 0 unspecified atom stereocenters. The number of fused-ring (bicyclic) bond motifs is 1. The van der Waals surface area contributed by atoms with Crippen molar-refractivity contribution in [1.82, 2.24) is 0 Å². The number of rotatable bonds is 7. The van der Waals surface area contributed by atoms with E-state index in [-0.39, 0.29) is 12.5 Å². The number of para-hydroxylation sites is 3. The Hall–Kier alpha value is -3.35. The Labute approximate surface area is 170 Å². The number of amides is 2. The van der Waals surface area contributed by atoms with Gasteiger partial charge in [0.15, 0.2) is 6.10 Å². The molecule has 0 spiro atoms. The number of hydrogen-bond acceptors (Lipinski definition) is 5. The molecule has 3 rings (SSSR count). The number of unbranched alkanes of at least 4 members (excludes halogenated alkanes) is 1. The van der Waals surface area contributed by atoms with Gasteiger partial charge in [-0.2, -0.15) is 0 Å². The maximum Gasteiger partial charge on any atom is 0.341 e. The fourth-order valence-electron chi connectivity index (χ4n) is 3.14. The van der Waals surface area contributed by atoms with E-state index < -0.39 is 18.0 Å². The summed E-state index contributed by atoms with van der Waals surface area (Å²) in [6.07, 6.45) is 0.982. The number of carbonyl (C=O) groups excluding carboxylic acids is 3. The SMILES string of the molecule is CCCCNc1ccccc1C(=O)O[C@H](C)C(=O)N1CC(=O)Nc2ccccc21. The summed E-state index contributed by atoms with van der Waals surface area (Å²) in [4.78, 5) is 38.9. The van der Waals surface area contributed by atoms with Crippen molar-refractivity contribution in [3.05, 3.63) is 54.1 Å². The highest BCUT2D eigenvalue weighted by Gasteiger charge is 2.31. The van der Waals surface area contributed by atoms with Gasteiger partial charge in [-0.3, -0.25) is 14.5 Å². The molecule has 0 fully saturated rings. The summed E-state index contributed by atoms with van der Waals surface area (Å²) in [7, 11) is 0. The first-order valence-corrected chi connectivity index (χ1v) is 9.75. The molecule has 0 radical (unpaired) electrons. The number of nitrogens with zero attached hydrogens (tertiary/aromatic N) is 1. The topological polar surface area (TPSA) is 87.7 Å². The van der Waals surface area contributed by atoms with Crippen LogP contribution in [0.15, 0.2) is 48.5 Å². The molecule has 0 saturated carbocycles. The van der Waals surface area contributed by atoms with E-state index in [2.05, 4.69) is 17.6 Å². The zero-order valence-corrected chi connectivity index (χ0v) is 16.6. The van der Waals surface area contributed by atoms with Gasteiger partial charge in [0.25, 0.3) is 5.91 Å². The Balaban J connectivity index is 1.72. The maximum absolute atomic E-state index is 12.9. The lowest BCUT2D eigenvalue weighted by molar-refractivity contribution is -0.128. The molecule has 0 aromatic heterocycles. The van der Waals surface area contributed by atoms with Crippen molar-refractivity contribution in [2.75, 3.05) is 28.6 Å². The molecular formula is C22H25N3O4. The molecule has 1 aliphatic heterocycles. The fourth-order valence-corrected chi connectivity index (χ4v) is 3.14. The Morgan fingerprint density at radius 3 is 2.69 bits per heavy atom. The predicted molar refractivity (Wildman–Crippen MR) is 112 cm³/mol. The largest absolute Gasteiger partial charge is 0.449 e. The number of carbonyl (C=O) groups is 3. The lowest BCUT2D eigenvalue weighted by atomic mass is 10.1. The summed E-state index contributed by atoms with van der Waals surface area (Å²) in [5, 5.41) is 5.96. The number of benzene rings is 2. The van der Waals surface area contributed by atoms with Gasteiger partial charge in [-0.15, -0.1) is 0 Å². The van der Waals surface area contributed by atoms with Crippen molar-refractivity contribution >= 4 is 34.8 Å². The van der Waals surface area contributed by atoms with Crippen LogP contribution in [0.4, 0.5) is 17.1 Å². The first kappa shape index (κ1) is 20.4. The van der Waals surface area contributed by atoms with E-state index in [0.717, 1.165) is 19.4 Å². The van der Waals surface area contributed by atoms with Crippen molar-refractivity contribution in [2.45, 2.75) is 32.8 Å². The van der Waals surface area contributed by atoms with Crippen molar-refractivity contribution in [1.29, 1.82) is 0 Å². The van der Waals surface area contributed by atoms with Crippen molar-refractivity contribution < 1.29 is 19.1 Å². The second kappa shape index (κ2) is 9.23. The number of nitrogens with one attached hydrogen (secondary N) is 2. The summed E-state index contributed by atoms with van der Waals surface area (Å²) in [5.41, 5.74) is 2.19. The molecule has 0 saturated heterocycles. The molecule has 0 bridgehead atoms. The Morgan fingerprint density at radius 2 is 1.90 bits per heavy atom. The minimum atomic E-state index is -1.04. The molecule has 152 valence electrons. The predicted octanol–water partition coefficient (Wildman–Crippen LogP) is 3.43. The highest BCUT2D eigenvalue weighted by molar-refractivity contribution is 6.11. The first-order chi connectivity index (χ1) is 14.0. The molecule has 2 N–H and O–H groups in total. The maximum atomic E-state index is 12.9. The lowest BCUT2D eigenvalue weighted by Gasteiger charge is -2.30. The van der Waals surface area contributed by atoms with Crippen LogP contribution in [0.1, 0.15) is 37.0 Å². The van der Waals surface area contributed by atoms with Crippen LogP contribution in [0.25, 0.3) is 0 Å². The summed E-state index contributed by atoms with van der Waals surface area (Å²) < 4.78 is 5.45. The molecule has 29 heavy (non-hydrogen) atoms. The van der Waals surface area contributed by atoms with Gasteiger partial charge in [0, 0.05) is 12.2 Å². The van der Waals surface area contributed by atoms with Crippen LogP contribution in [0.3, 0.4) is 0 Å². The summed E-state index contributed by atoms with van der Waals surface area (Å²) in [6, 6.07) is 14.1. The van der Waals surface area contributed by atoms with Crippen LogP contribution in [0.2, 0.25) is 0 Å². The normalized spacial score (nSPS) is 13.9. The third-order valence-corrected chi connectivity index (χ3v) is 4.66. The molecule has 1 atom stereocenters. The number of hydrogen-bond donors (Lipinski definition) is 2. The van der Waals surface area contributed by atoms with E-state index >= 15 is 0 Å². The molecule has 2 amide bonds. The summed E-state index contributed by atoms with van der Waals surface area (Å²) >= 11 is 0. The number of esters is 1. The highest BCUT2D eigenvalue weighted by Crippen LogP contribution is 2.29. The Kier molecular flexibility index (Phi) is 6.49. The standard InChI is InChI=1S/C22H25N3O4/c1-3-4-13-23-17-10-6-5-9-16(17)22(28)29-15(2)21(27)25-14-20(26)24-18-11-7-8-12-19(18)25/h5-12,15,23H,3-4,13-14H2,1-2H3,(H,24,26)/t15-/m1/s1. The van der Waals surface area contributed by atoms with Gasteiger partial charge in [0.2, 0.25) is 5.91 Å². The molecule has 2 aromatic carbocycles. The van der Waals surface area contributed by atoms with E-state index in [1.807, 2.05) is 12.1 Å². The first-order valence-electron chi connectivity index (χ1n) is 9.75. The zero-order chi connectivity index (χ0) is 20.8. The number of ether oxygens (including phenoxy) is 1. The van der Waals surface area contributed by atoms with Crippen LogP contribution < -0.4 is 15.5 Å². The fraction of sp³-hybridized carbons (Fsp3) is 0.318. The van der Waals surface area contributed by atoms with Crippen LogP contribution >= 0.6 is 0 Å². The molecule has 0 aliphatic carbocycles. The molecule has 7 nitrogen and oxygen atoms in total. The Morgan fingerprint density at radius 1 is 1.17 bits per heavy atom. The second-order valence-corrected chi connectivity index (χ2v) is 6.86. The van der Waals surface area contributed by atoms with Crippen molar-refractivity contribution in [3.8, 4) is 0 Å². The summed E-state index contributed by atoms with van der Waals surface area (Å²) in [5.74, 6) is -1.32. The molecule has 7 heteroatoms. The minimum absolute atomic E-state index is 0.118. The molecule has 2 aromatic rings. The molecule has 1 heterocycles. The van der Waals surface area contributed by atoms with Crippen molar-refractivity contribution in [2.24, 2.45) is 0 Å². The van der Waals surface area contributed by atoms with Gasteiger partial charge in [0.05, 0.1) is 16.9 Å². The monoisotopic (exact) mass is 395 g/mol. The van der Waals surface area contributed by atoms with Gasteiger partial charge in [-0.1, -0.05) is 37.6 Å². The average molecular weight is 395 g/mol. The van der Waals surface area contributed by atoms with Crippen LogP contribution in [0.5, 0.6) is 0 Å². The van der Waals surface area contributed by atoms with E-state index in [0.29, 0.717) is 22.6 Å². The van der Waals surface area contributed by atoms with E-state index in [9.17, 15) is 14.4 Å². The van der Waals surface area contributed by atoms with Gasteiger partial charge in [0.1, 0.15) is 6.54 Å². The Bertz CT molecular complexity index is 912. The lowest BCUT2D eigenvalue weighted by Crippen LogP contribution is -2.47. The van der Waals surface area contributed by atoms with Crippen molar-refractivity contribution in [3.63, 3.8) is 0 Å². The second-order valence-electron chi connectivity index (χ2n) is 6.86. The van der Waals surface area contributed by atoms with E-state index in [1.54, 1.807) is 36.4 Å². The highest BCUT2D eigenvalue weighted by atomic mass is 16.5. The van der Waals surface area contributed by atoms with Crippen LogP contribution in [-0.4, -0.2) is 37.0 Å². The van der Waals surface area contributed by atoms with E-state index in [1.165, 1.54) is 11.8 Å². The van der Waals surface area contributed by atoms with E-state index in [4.69, 9.17) is 4.74 Å². The molecule has 1 aliphatic rings. The third kappa shape index (κ3) is 4.74. The van der Waals surface area contributed by atoms with Gasteiger partial charge in [-0.25, -0.2) is 4.79 Å². The zero-order valence-electron chi connectivity index (χ0n) is 16.6. The van der Waals surface area contributed by atoms with Crippen LogP contribution in [0, 0.1) is 0 Å². The smallest absolute Gasteiger partial charge is 0.341 e. The van der Waals surface area contributed by atoms with Crippen LogP contribution in [-0.2, 0) is 14.3 Å². The summed E-state index contributed by atoms with van der Waals surface area (Å²) in [6.45, 7) is 4.23.